The standard InChI is InChI=1S/C28H31FN2O7/c29-22-11-16(3-4-19(22)27(33)30-13-18-2-1-7-36-18)10-17-12-21-26(20-5-9-37-25(17)20)38-15-31(28(21)34)23-6-8-35-14-24(23)32/h3-4,11-12,18,23-24,32H,1-2,5-10,13-15H2,(H,30,33)/t18-,23-,24-/m0/s1. The summed E-state index contributed by atoms with van der Waals surface area (Å²) in [6, 6.07) is 5.92. The maximum Gasteiger partial charge on any atom is 0.260 e. The van der Waals surface area contributed by atoms with Crippen molar-refractivity contribution in [1.29, 1.82) is 0 Å². The van der Waals surface area contributed by atoms with E-state index >= 15 is 0 Å². The van der Waals surface area contributed by atoms with Crippen LogP contribution in [0.1, 0.15) is 56.7 Å². The SMILES string of the molecule is O=C(NC[C@@H]1CCCO1)c1ccc(Cc2cc3c(c4c2OCC4)OCN([C@H]2CCOC[C@@H]2O)C3=O)cc1F. The van der Waals surface area contributed by atoms with Gasteiger partial charge in [0.05, 0.1) is 42.6 Å². The van der Waals surface area contributed by atoms with Crippen molar-refractivity contribution in [2.75, 3.05) is 39.7 Å². The highest BCUT2D eigenvalue weighted by atomic mass is 19.1. The molecule has 4 heterocycles. The maximum absolute atomic E-state index is 15.0. The van der Waals surface area contributed by atoms with Gasteiger partial charge >= 0.3 is 0 Å². The summed E-state index contributed by atoms with van der Waals surface area (Å²) in [5.41, 5.74) is 2.63. The van der Waals surface area contributed by atoms with Crippen LogP contribution in [0.25, 0.3) is 0 Å². The van der Waals surface area contributed by atoms with Gasteiger partial charge in [0.25, 0.3) is 11.8 Å². The Morgan fingerprint density at radius 2 is 2.03 bits per heavy atom. The van der Waals surface area contributed by atoms with Crippen LogP contribution in [0.5, 0.6) is 11.5 Å². The fraction of sp³-hybridized carbons (Fsp3) is 0.500. The molecule has 0 unspecified atom stereocenters. The van der Waals surface area contributed by atoms with Gasteiger partial charge in [-0.15, -0.1) is 0 Å². The lowest BCUT2D eigenvalue weighted by molar-refractivity contribution is -0.0714. The number of ether oxygens (including phenoxy) is 4. The molecule has 202 valence electrons. The summed E-state index contributed by atoms with van der Waals surface area (Å²) < 4.78 is 37.7. The summed E-state index contributed by atoms with van der Waals surface area (Å²) in [4.78, 5) is 27.6. The number of benzene rings is 2. The van der Waals surface area contributed by atoms with E-state index in [1.54, 1.807) is 17.0 Å². The molecule has 4 aliphatic heterocycles. The summed E-state index contributed by atoms with van der Waals surface area (Å²) in [5.74, 6) is -0.108. The van der Waals surface area contributed by atoms with Crippen molar-refractivity contribution in [2.45, 2.75) is 50.4 Å². The third-order valence-electron chi connectivity index (χ3n) is 7.72. The average Bonchev–Trinajstić information content (AvgIpc) is 3.62. The molecule has 4 aliphatic rings. The van der Waals surface area contributed by atoms with Crippen LogP contribution in [0.4, 0.5) is 4.39 Å². The molecule has 3 atom stereocenters. The minimum Gasteiger partial charge on any atom is -0.493 e. The summed E-state index contributed by atoms with van der Waals surface area (Å²) in [6.07, 6.45) is 2.50. The topological polar surface area (TPSA) is 107 Å². The minimum absolute atomic E-state index is 0.0205. The van der Waals surface area contributed by atoms with Crippen molar-refractivity contribution in [2.24, 2.45) is 0 Å². The number of fused-ring (bicyclic) bond motifs is 3. The predicted octanol–water partition coefficient (Wildman–Crippen LogP) is 2.20. The molecule has 0 bridgehead atoms. The number of hydrogen-bond acceptors (Lipinski definition) is 7. The molecule has 2 aromatic rings. The zero-order chi connectivity index (χ0) is 26.2. The van der Waals surface area contributed by atoms with Gasteiger partial charge in [-0.1, -0.05) is 6.07 Å². The smallest absolute Gasteiger partial charge is 0.260 e. The van der Waals surface area contributed by atoms with Crippen molar-refractivity contribution >= 4 is 11.8 Å². The summed E-state index contributed by atoms with van der Waals surface area (Å²) in [5, 5.41) is 13.2. The Kier molecular flexibility index (Phi) is 6.94. The Labute approximate surface area is 219 Å². The van der Waals surface area contributed by atoms with Crippen LogP contribution < -0.4 is 14.8 Å². The first-order valence-electron chi connectivity index (χ1n) is 13.2. The quantitative estimate of drug-likeness (QED) is 0.595. The lowest BCUT2D eigenvalue weighted by Gasteiger charge is -2.40. The maximum atomic E-state index is 15.0. The molecular formula is C28H31FN2O7. The van der Waals surface area contributed by atoms with Gasteiger partial charge in [-0.3, -0.25) is 14.5 Å². The van der Waals surface area contributed by atoms with Crippen molar-refractivity contribution in [3.05, 3.63) is 57.9 Å². The van der Waals surface area contributed by atoms with Crippen molar-refractivity contribution < 1.29 is 38.0 Å². The Morgan fingerprint density at radius 1 is 1.13 bits per heavy atom. The molecule has 0 aromatic heterocycles. The van der Waals surface area contributed by atoms with Crippen LogP contribution in [-0.4, -0.2) is 79.8 Å². The molecule has 2 aromatic carbocycles. The first-order chi connectivity index (χ1) is 18.5. The molecule has 2 fully saturated rings. The lowest BCUT2D eigenvalue weighted by atomic mass is 9.94. The first-order valence-corrected chi connectivity index (χ1v) is 13.2. The van der Waals surface area contributed by atoms with Crippen molar-refractivity contribution in [1.82, 2.24) is 10.2 Å². The molecule has 0 radical (unpaired) electrons. The van der Waals surface area contributed by atoms with E-state index in [4.69, 9.17) is 18.9 Å². The number of aliphatic hydroxyl groups is 1. The molecule has 2 N–H and O–H groups in total. The lowest BCUT2D eigenvalue weighted by Crippen LogP contribution is -2.54. The van der Waals surface area contributed by atoms with Gasteiger partial charge in [0.15, 0.2) is 6.73 Å². The highest BCUT2D eigenvalue weighted by molar-refractivity contribution is 5.99. The fourth-order valence-electron chi connectivity index (χ4n) is 5.73. The van der Waals surface area contributed by atoms with E-state index in [0.29, 0.717) is 68.3 Å². The molecule has 0 spiro atoms. The second kappa shape index (κ2) is 10.5. The van der Waals surface area contributed by atoms with E-state index < -0.39 is 17.8 Å². The van der Waals surface area contributed by atoms with Gasteiger partial charge in [-0.2, -0.15) is 0 Å². The third-order valence-corrected chi connectivity index (χ3v) is 7.72. The fourth-order valence-corrected chi connectivity index (χ4v) is 5.73. The molecule has 6 rings (SSSR count). The number of aliphatic hydroxyl groups excluding tert-OH is 1. The van der Waals surface area contributed by atoms with Crippen molar-refractivity contribution in [3.8, 4) is 11.5 Å². The second-order valence-electron chi connectivity index (χ2n) is 10.2. The highest BCUT2D eigenvalue weighted by Gasteiger charge is 2.39. The third kappa shape index (κ3) is 4.72. The van der Waals surface area contributed by atoms with Gasteiger partial charge in [0.1, 0.15) is 17.3 Å². The van der Waals surface area contributed by atoms with E-state index in [9.17, 15) is 19.1 Å². The van der Waals surface area contributed by atoms with Crippen LogP contribution in [0, 0.1) is 5.82 Å². The van der Waals surface area contributed by atoms with Gasteiger partial charge in [0, 0.05) is 38.2 Å². The minimum atomic E-state index is -0.778. The van der Waals surface area contributed by atoms with Crippen LogP contribution in [0.15, 0.2) is 24.3 Å². The molecule has 10 heteroatoms. The number of carbonyl (C=O) groups excluding carboxylic acids is 2. The molecule has 2 amide bonds. The zero-order valence-corrected chi connectivity index (χ0v) is 21.0. The van der Waals surface area contributed by atoms with Crippen LogP contribution in [0.2, 0.25) is 0 Å². The number of nitrogens with zero attached hydrogens (tertiary/aromatic N) is 1. The zero-order valence-electron chi connectivity index (χ0n) is 21.0. The van der Waals surface area contributed by atoms with E-state index in [2.05, 4.69) is 5.32 Å². The largest absolute Gasteiger partial charge is 0.493 e. The average molecular weight is 527 g/mol. The number of halogens is 1. The first kappa shape index (κ1) is 25.1. The normalized spacial score (nSPS) is 24.4. The summed E-state index contributed by atoms with van der Waals surface area (Å²) in [6.45, 7) is 2.22. The Bertz CT molecular complexity index is 1250. The summed E-state index contributed by atoms with van der Waals surface area (Å²) in [7, 11) is 0. The van der Waals surface area contributed by atoms with Crippen LogP contribution in [-0.2, 0) is 22.3 Å². The summed E-state index contributed by atoms with van der Waals surface area (Å²) >= 11 is 0. The van der Waals surface area contributed by atoms with Crippen LogP contribution in [0.3, 0.4) is 0 Å². The van der Waals surface area contributed by atoms with E-state index in [1.165, 1.54) is 12.1 Å². The number of hydrogen-bond donors (Lipinski definition) is 2. The Hall–Kier alpha value is -3.21. The highest BCUT2D eigenvalue weighted by Crippen LogP contribution is 2.43. The van der Waals surface area contributed by atoms with Gasteiger partial charge in [0.2, 0.25) is 0 Å². The number of amides is 2. The van der Waals surface area contributed by atoms with E-state index in [-0.39, 0.29) is 37.0 Å². The van der Waals surface area contributed by atoms with Gasteiger partial charge in [-0.25, -0.2) is 4.39 Å². The molecule has 9 nitrogen and oxygen atoms in total. The Balaban J connectivity index is 1.23. The van der Waals surface area contributed by atoms with Crippen LogP contribution >= 0.6 is 0 Å². The van der Waals surface area contributed by atoms with Gasteiger partial charge in [-0.05, 0) is 48.6 Å². The molecule has 38 heavy (non-hydrogen) atoms. The molecular weight excluding hydrogens is 495 g/mol. The predicted molar refractivity (Wildman–Crippen MR) is 133 cm³/mol. The van der Waals surface area contributed by atoms with E-state index in [0.717, 1.165) is 24.0 Å². The number of carbonyl (C=O) groups is 2. The Morgan fingerprint density at radius 3 is 2.82 bits per heavy atom. The molecule has 2 saturated heterocycles. The molecule has 0 saturated carbocycles. The number of rotatable bonds is 6. The second-order valence-corrected chi connectivity index (χ2v) is 10.2. The van der Waals surface area contributed by atoms with E-state index in [1.807, 2.05) is 0 Å². The molecule has 0 aliphatic carbocycles. The number of nitrogens with one attached hydrogen (secondary N) is 1. The monoisotopic (exact) mass is 526 g/mol. The van der Waals surface area contributed by atoms with Crippen molar-refractivity contribution in [3.63, 3.8) is 0 Å². The van der Waals surface area contributed by atoms with Gasteiger partial charge < -0.3 is 29.4 Å².